The Bertz CT molecular complexity index is 736. The maximum atomic E-state index is 14.9. The van der Waals surface area contributed by atoms with Crippen LogP contribution in [0.5, 0.6) is 0 Å². The lowest BCUT2D eigenvalue weighted by Crippen LogP contribution is -2.38. The van der Waals surface area contributed by atoms with Gasteiger partial charge < -0.3 is 19.7 Å². The van der Waals surface area contributed by atoms with Crippen LogP contribution >= 0.6 is 0 Å². The van der Waals surface area contributed by atoms with E-state index in [1.807, 2.05) is 6.92 Å². The number of hydrogen-bond acceptors (Lipinski definition) is 5. The van der Waals surface area contributed by atoms with E-state index >= 15 is 0 Å². The number of nitrogens with zero attached hydrogens (tertiary/aromatic N) is 2. The first kappa shape index (κ1) is 20.3. The van der Waals surface area contributed by atoms with Crippen LogP contribution in [0.4, 0.5) is 25.0 Å². The molecule has 0 aliphatic carbocycles. The molecule has 2 amide bonds. The van der Waals surface area contributed by atoms with Crippen LogP contribution in [0.1, 0.15) is 26.7 Å². The molecule has 2 aliphatic heterocycles. The van der Waals surface area contributed by atoms with Crippen molar-refractivity contribution in [3.05, 3.63) is 23.8 Å². The Morgan fingerprint density at radius 2 is 2.00 bits per heavy atom. The standard InChI is InChI=1S/C19H25F2N3O4/c1-11-4-5-13(10-27-3)24(11)18-16(20)6-14(7-17(18)21)23-9-15(28-19(23)26)8-22-12(2)25/h6-7,11,13,15H,4-5,8-10H2,1-3H3,(H,22,25)/t11?,13?,15-/m0/s1. The Kier molecular flexibility index (Phi) is 6.02. The quantitative estimate of drug-likeness (QED) is 0.798. The van der Waals surface area contributed by atoms with E-state index in [-0.39, 0.29) is 42.5 Å². The molecule has 0 bridgehead atoms. The molecule has 9 heteroatoms. The average Bonchev–Trinajstić information content (AvgIpc) is 3.17. The SMILES string of the molecule is COCC1CCC(C)N1c1c(F)cc(N2C[C@H](CNC(C)=O)OC2=O)cc1F. The van der Waals surface area contributed by atoms with E-state index in [9.17, 15) is 18.4 Å². The summed E-state index contributed by atoms with van der Waals surface area (Å²) < 4.78 is 40.2. The van der Waals surface area contributed by atoms with E-state index in [4.69, 9.17) is 9.47 Å². The molecule has 0 spiro atoms. The number of nitrogens with one attached hydrogen (secondary N) is 1. The van der Waals surface area contributed by atoms with Crippen molar-refractivity contribution in [2.24, 2.45) is 0 Å². The first-order valence-corrected chi connectivity index (χ1v) is 9.30. The molecule has 1 aromatic carbocycles. The van der Waals surface area contributed by atoms with Gasteiger partial charge in [-0.25, -0.2) is 13.6 Å². The lowest BCUT2D eigenvalue weighted by molar-refractivity contribution is -0.119. The predicted octanol–water partition coefficient (Wildman–Crippen LogP) is 2.43. The number of benzene rings is 1. The van der Waals surface area contributed by atoms with Crippen molar-refractivity contribution >= 4 is 23.4 Å². The third kappa shape index (κ3) is 4.04. The van der Waals surface area contributed by atoms with Crippen molar-refractivity contribution < 1.29 is 27.8 Å². The Balaban J connectivity index is 1.82. The van der Waals surface area contributed by atoms with Crippen molar-refractivity contribution in [3.63, 3.8) is 0 Å². The minimum Gasteiger partial charge on any atom is -0.442 e. The number of amides is 2. The molecule has 2 unspecified atom stereocenters. The van der Waals surface area contributed by atoms with Gasteiger partial charge in [0, 0.05) is 32.2 Å². The zero-order valence-corrected chi connectivity index (χ0v) is 16.2. The fraction of sp³-hybridized carbons (Fsp3) is 0.579. The Morgan fingerprint density at radius 3 is 2.61 bits per heavy atom. The number of hydrogen-bond donors (Lipinski definition) is 1. The van der Waals surface area contributed by atoms with Gasteiger partial charge in [0.05, 0.1) is 31.4 Å². The molecule has 7 nitrogen and oxygen atoms in total. The van der Waals surface area contributed by atoms with Gasteiger partial charge in [-0.05, 0) is 19.8 Å². The molecular formula is C19H25F2N3O4. The largest absolute Gasteiger partial charge is 0.442 e. The summed E-state index contributed by atoms with van der Waals surface area (Å²) in [7, 11) is 1.56. The van der Waals surface area contributed by atoms with Gasteiger partial charge >= 0.3 is 6.09 Å². The van der Waals surface area contributed by atoms with E-state index in [1.165, 1.54) is 11.8 Å². The Hall–Kier alpha value is -2.42. The summed E-state index contributed by atoms with van der Waals surface area (Å²) in [6.45, 7) is 3.91. The number of cyclic esters (lactones) is 1. The van der Waals surface area contributed by atoms with E-state index in [0.29, 0.717) is 6.61 Å². The molecular weight excluding hydrogens is 372 g/mol. The van der Waals surface area contributed by atoms with Crippen molar-refractivity contribution in [3.8, 4) is 0 Å². The van der Waals surface area contributed by atoms with Crippen LogP contribution in [-0.2, 0) is 14.3 Å². The van der Waals surface area contributed by atoms with Crippen LogP contribution < -0.4 is 15.1 Å². The minimum atomic E-state index is -0.733. The van der Waals surface area contributed by atoms with Gasteiger partial charge in [-0.1, -0.05) is 0 Å². The minimum absolute atomic E-state index is 0.0196. The molecule has 3 rings (SSSR count). The smallest absolute Gasteiger partial charge is 0.414 e. The molecule has 0 aromatic heterocycles. The van der Waals surface area contributed by atoms with Gasteiger partial charge in [0.25, 0.3) is 0 Å². The van der Waals surface area contributed by atoms with E-state index in [1.54, 1.807) is 12.0 Å². The highest BCUT2D eigenvalue weighted by Crippen LogP contribution is 2.37. The second kappa shape index (κ2) is 8.30. The summed E-state index contributed by atoms with van der Waals surface area (Å²) in [4.78, 5) is 26.0. The highest BCUT2D eigenvalue weighted by Gasteiger charge is 2.37. The molecule has 3 atom stereocenters. The van der Waals surface area contributed by atoms with Gasteiger partial charge in [-0.2, -0.15) is 0 Å². The summed E-state index contributed by atoms with van der Waals surface area (Å²) in [5, 5.41) is 2.56. The lowest BCUT2D eigenvalue weighted by Gasteiger charge is -2.31. The maximum absolute atomic E-state index is 14.9. The second-order valence-electron chi connectivity index (χ2n) is 7.25. The third-order valence-corrected chi connectivity index (χ3v) is 5.17. The number of halogens is 2. The van der Waals surface area contributed by atoms with E-state index < -0.39 is 23.8 Å². The molecule has 2 fully saturated rings. The highest BCUT2D eigenvalue weighted by atomic mass is 19.1. The van der Waals surface area contributed by atoms with Gasteiger partial charge in [0.2, 0.25) is 5.91 Å². The summed E-state index contributed by atoms with van der Waals surface area (Å²) in [5.41, 5.74) is -0.0117. The fourth-order valence-corrected chi connectivity index (χ4v) is 3.88. The predicted molar refractivity (Wildman–Crippen MR) is 99.5 cm³/mol. The van der Waals surface area contributed by atoms with Gasteiger partial charge in [-0.15, -0.1) is 0 Å². The summed E-state index contributed by atoms with van der Waals surface area (Å²) >= 11 is 0. The normalized spacial score (nSPS) is 24.6. The summed E-state index contributed by atoms with van der Waals surface area (Å²) in [6, 6.07) is 2.17. The van der Waals surface area contributed by atoms with Gasteiger partial charge in [-0.3, -0.25) is 9.69 Å². The first-order valence-electron chi connectivity index (χ1n) is 9.30. The van der Waals surface area contributed by atoms with Crippen LogP contribution in [0.25, 0.3) is 0 Å². The summed E-state index contributed by atoms with van der Waals surface area (Å²) in [6.07, 6.45) is 0.331. The first-order chi connectivity index (χ1) is 13.3. The molecule has 1 aromatic rings. The van der Waals surface area contributed by atoms with Crippen molar-refractivity contribution in [1.82, 2.24) is 5.32 Å². The van der Waals surface area contributed by atoms with Crippen molar-refractivity contribution in [2.75, 3.05) is 36.6 Å². The average molecular weight is 397 g/mol. The fourth-order valence-electron chi connectivity index (χ4n) is 3.88. The van der Waals surface area contributed by atoms with Crippen LogP contribution in [0.15, 0.2) is 12.1 Å². The van der Waals surface area contributed by atoms with Crippen LogP contribution in [0.2, 0.25) is 0 Å². The number of ether oxygens (including phenoxy) is 2. The highest BCUT2D eigenvalue weighted by molar-refractivity contribution is 5.90. The number of rotatable bonds is 6. The summed E-state index contributed by atoms with van der Waals surface area (Å²) in [5.74, 6) is -1.72. The van der Waals surface area contributed by atoms with Crippen LogP contribution in [0.3, 0.4) is 0 Å². The van der Waals surface area contributed by atoms with E-state index in [2.05, 4.69) is 5.32 Å². The molecule has 2 saturated heterocycles. The van der Waals surface area contributed by atoms with Crippen molar-refractivity contribution in [2.45, 2.75) is 44.9 Å². The molecule has 28 heavy (non-hydrogen) atoms. The number of anilines is 2. The molecule has 0 saturated carbocycles. The van der Waals surface area contributed by atoms with Gasteiger partial charge in [0.1, 0.15) is 11.8 Å². The zero-order valence-electron chi connectivity index (χ0n) is 16.2. The molecule has 1 N–H and O–H groups in total. The molecule has 2 aliphatic rings. The zero-order chi connectivity index (χ0) is 20.4. The van der Waals surface area contributed by atoms with Crippen molar-refractivity contribution in [1.29, 1.82) is 0 Å². The third-order valence-electron chi connectivity index (χ3n) is 5.17. The second-order valence-corrected chi connectivity index (χ2v) is 7.25. The number of carbonyl (C=O) groups is 2. The topological polar surface area (TPSA) is 71.1 Å². The van der Waals surface area contributed by atoms with Crippen LogP contribution in [0, 0.1) is 11.6 Å². The lowest BCUT2D eigenvalue weighted by atomic mass is 10.1. The molecule has 2 heterocycles. The molecule has 0 radical (unpaired) electrons. The van der Waals surface area contributed by atoms with Gasteiger partial charge in [0.15, 0.2) is 11.6 Å². The monoisotopic (exact) mass is 397 g/mol. The Morgan fingerprint density at radius 1 is 1.32 bits per heavy atom. The van der Waals surface area contributed by atoms with E-state index in [0.717, 1.165) is 25.0 Å². The number of methoxy groups -OCH3 is 1. The van der Waals surface area contributed by atoms with Crippen LogP contribution in [-0.4, -0.2) is 57.0 Å². The molecule has 154 valence electrons. The maximum Gasteiger partial charge on any atom is 0.414 e. The Labute approximate surface area is 162 Å². The number of carbonyl (C=O) groups excluding carboxylic acids is 2.